The standard InChI is InChI=1S/C15H16ClNO3S/c1-17(11-12-20-14-5-3-2-4-6-14)21(18,19)15-9-7-13(16)8-10-15/h2-10H,11-12H2,1H3. The van der Waals surface area contributed by atoms with Crippen LogP contribution in [0, 0.1) is 0 Å². The Kier molecular flexibility index (Phi) is 5.22. The van der Waals surface area contributed by atoms with Gasteiger partial charge in [0.1, 0.15) is 12.4 Å². The van der Waals surface area contributed by atoms with Crippen LogP contribution in [0.4, 0.5) is 0 Å². The van der Waals surface area contributed by atoms with Crippen LogP contribution in [0.25, 0.3) is 0 Å². The Morgan fingerprint density at radius 3 is 2.29 bits per heavy atom. The minimum Gasteiger partial charge on any atom is -0.492 e. The summed E-state index contributed by atoms with van der Waals surface area (Å²) in [4.78, 5) is 0.217. The molecule has 0 fully saturated rings. The topological polar surface area (TPSA) is 46.6 Å². The number of likely N-dealkylation sites (N-methyl/N-ethyl adjacent to an activating group) is 1. The van der Waals surface area contributed by atoms with E-state index in [-0.39, 0.29) is 18.0 Å². The van der Waals surface area contributed by atoms with Gasteiger partial charge in [-0.25, -0.2) is 8.42 Å². The van der Waals surface area contributed by atoms with Crippen molar-refractivity contribution in [2.24, 2.45) is 0 Å². The smallest absolute Gasteiger partial charge is 0.242 e. The molecule has 2 rings (SSSR count). The highest BCUT2D eigenvalue weighted by atomic mass is 35.5. The van der Waals surface area contributed by atoms with E-state index in [0.29, 0.717) is 5.02 Å². The van der Waals surface area contributed by atoms with Crippen LogP contribution in [0.2, 0.25) is 5.02 Å². The molecule has 112 valence electrons. The zero-order chi connectivity index (χ0) is 15.3. The lowest BCUT2D eigenvalue weighted by atomic mass is 10.3. The fourth-order valence-corrected chi connectivity index (χ4v) is 3.00. The summed E-state index contributed by atoms with van der Waals surface area (Å²) in [6, 6.07) is 15.4. The summed E-state index contributed by atoms with van der Waals surface area (Å²) >= 11 is 5.76. The highest BCUT2D eigenvalue weighted by Gasteiger charge is 2.20. The van der Waals surface area contributed by atoms with Crippen LogP contribution >= 0.6 is 11.6 Å². The van der Waals surface area contributed by atoms with Crippen molar-refractivity contribution < 1.29 is 13.2 Å². The molecule has 2 aromatic carbocycles. The third-order valence-corrected chi connectivity index (χ3v) is 5.06. The highest BCUT2D eigenvalue weighted by molar-refractivity contribution is 7.89. The van der Waals surface area contributed by atoms with E-state index in [1.54, 1.807) is 12.1 Å². The van der Waals surface area contributed by atoms with Gasteiger partial charge in [-0.3, -0.25) is 0 Å². The lowest BCUT2D eigenvalue weighted by Crippen LogP contribution is -2.31. The number of ether oxygens (including phenoxy) is 1. The van der Waals surface area contributed by atoms with E-state index in [0.717, 1.165) is 5.75 Å². The van der Waals surface area contributed by atoms with Crippen LogP contribution in [0.5, 0.6) is 5.75 Å². The lowest BCUT2D eigenvalue weighted by Gasteiger charge is -2.17. The fourth-order valence-electron chi connectivity index (χ4n) is 1.72. The van der Waals surface area contributed by atoms with E-state index in [9.17, 15) is 8.42 Å². The summed E-state index contributed by atoms with van der Waals surface area (Å²) in [6.07, 6.45) is 0. The minimum absolute atomic E-state index is 0.217. The second kappa shape index (κ2) is 6.93. The molecule has 0 unspecified atom stereocenters. The molecule has 0 aliphatic carbocycles. The SMILES string of the molecule is CN(CCOc1ccccc1)S(=O)(=O)c1ccc(Cl)cc1. The van der Waals surface area contributed by atoms with Crippen LogP contribution < -0.4 is 4.74 Å². The first-order chi connectivity index (χ1) is 10.00. The van der Waals surface area contributed by atoms with Crippen LogP contribution in [0.3, 0.4) is 0 Å². The molecule has 0 atom stereocenters. The number of rotatable bonds is 6. The molecular formula is C15H16ClNO3S. The number of sulfonamides is 1. The molecule has 21 heavy (non-hydrogen) atoms. The molecule has 0 saturated heterocycles. The molecule has 6 heteroatoms. The predicted octanol–water partition coefficient (Wildman–Crippen LogP) is 3.04. The predicted molar refractivity (Wildman–Crippen MR) is 83.2 cm³/mol. The summed E-state index contributed by atoms with van der Waals surface area (Å²) < 4.78 is 31.4. The maximum Gasteiger partial charge on any atom is 0.242 e. The Bertz CT molecular complexity index is 672. The van der Waals surface area contributed by atoms with Gasteiger partial charge in [0.15, 0.2) is 0 Å². The average molecular weight is 326 g/mol. The summed E-state index contributed by atoms with van der Waals surface area (Å²) in [5.41, 5.74) is 0. The van der Waals surface area contributed by atoms with Crippen molar-refractivity contribution in [1.82, 2.24) is 4.31 Å². The van der Waals surface area contributed by atoms with E-state index in [2.05, 4.69) is 0 Å². The Morgan fingerprint density at radius 1 is 1.05 bits per heavy atom. The molecule has 0 N–H and O–H groups in total. The van der Waals surface area contributed by atoms with Gasteiger partial charge >= 0.3 is 0 Å². The van der Waals surface area contributed by atoms with E-state index < -0.39 is 10.0 Å². The monoisotopic (exact) mass is 325 g/mol. The number of nitrogens with zero attached hydrogens (tertiary/aromatic N) is 1. The molecule has 0 aliphatic heterocycles. The van der Waals surface area contributed by atoms with E-state index in [4.69, 9.17) is 16.3 Å². The van der Waals surface area contributed by atoms with Crippen molar-refractivity contribution in [2.45, 2.75) is 4.90 Å². The second-order valence-corrected chi connectivity index (χ2v) is 6.92. The molecule has 0 bridgehead atoms. The number of halogens is 1. The Morgan fingerprint density at radius 2 is 1.67 bits per heavy atom. The third-order valence-electron chi connectivity index (χ3n) is 2.94. The first kappa shape index (κ1) is 15.8. The first-order valence-electron chi connectivity index (χ1n) is 6.40. The van der Waals surface area contributed by atoms with Crippen LogP contribution in [-0.2, 0) is 10.0 Å². The Balaban J connectivity index is 1.96. The minimum atomic E-state index is -3.52. The summed E-state index contributed by atoms with van der Waals surface area (Å²) in [5, 5.41) is 0.504. The number of benzene rings is 2. The second-order valence-electron chi connectivity index (χ2n) is 4.44. The molecule has 2 aromatic rings. The Hall–Kier alpha value is -1.56. The van der Waals surface area contributed by atoms with Crippen molar-refractivity contribution >= 4 is 21.6 Å². The summed E-state index contributed by atoms with van der Waals surface area (Å²) in [7, 11) is -1.99. The number of hydrogen-bond donors (Lipinski definition) is 0. The summed E-state index contributed by atoms with van der Waals surface area (Å²) in [6.45, 7) is 0.549. The van der Waals surface area contributed by atoms with Gasteiger partial charge in [0.05, 0.1) is 4.90 Å². The third kappa shape index (κ3) is 4.20. The van der Waals surface area contributed by atoms with Gasteiger partial charge in [-0.15, -0.1) is 0 Å². The van der Waals surface area contributed by atoms with Crippen molar-refractivity contribution in [3.05, 3.63) is 59.6 Å². The van der Waals surface area contributed by atoms with Gasteiger partial charge in [0, 0.05) is 18.6 Å². The van der Waals surface area contributed by atoms with Gasteiger partial charge in [-0.05, 0) is 36.4 Å². The number of para-hydroxylation sites is 1. The maximum atomic E-state index is 12.3. The zero-order valence-corrected chi connectivity index (χ0v) is 13.1. The maximum absolute atomic E-state index is 12.3. The fraction of sp³-hybridized carbons (Fsp3) is 0.200. The van der Waals surface area contributed by atoms with Crippen LogP contribution in [0.15, 0.2) is 59.5 Å². The first-order valence-corrected chi connectivity index (χ1v) is 8.22. The highest BCUT2D eigenvalue weighted by Crippen LogP contribution is 2.17. The molecule has 0 radical (unpaired) electrons. The quantitative estimate of drug-likeness (QED) is 0.820. The molecule has 0 saturated carbocycles. The van der Waals surface area contributed by atoms with E-state index in [1.807, 2.05) is 30.3 Å². The average Bonchev–Trinajstić information content (AvgIpc) is 2.48. The molecule has 0 heterocycles. The molecule has 0 spiro atoms. The zero-order valence-electron chi connectivity index (χ0n) is 11.6. The van der Waals surface area contributed by atoms with E-state index >= 15 is 0 Å². The van der Waals surface area contributed by atoms with Crippen molar-refractivity contribution in [2.75, 3.05) is 20.2 Å². The van der Waals surface area contributed by atoms with Gasteiger partial charge in [0.2, 0.25) is 10.0 Å². The van der Waals surface area contributed by atoms with Gasteiger partial charge in [-0.1, -0.05) is 29.8 Å². The normalized spacial score (nSPS) is 11.6. The van der Waals surface area contributed by atoms with Crippen LogP contribution in [-0.4, -0.2) is 32.9 Å². The molecule has 0 aliphatic rings. The number of hydrogen-bond acceptors (Lipinski definition) is 3. The van der Waals surface area contributed by atoms with E-state index in [1.165, 1.54) is 23.5 Å². The summed E-state index contributed by atoms with van der Waals surface area (Å²) in [5.74, 6) is 0.717. The molecule has 0 amide bonds. The molecule has 0 aromatic heterocycles. The van der Waals surface area contributed by atoms with Crippen molar-refractivity contribution in [3.63, 3.8) is 0 Å². The van der Waals surface area contributed by atoms with Crippen molar-refractivity contribution in [1.29, 1.82) is 0 Å². The van der Waals surface area contributed by atoms with Crippen LogP contribution in [0.1, 0.15) is 0 Å². The van der Waals surface area contributed by atoms with Gasteiger partial charge < -0.3 is 4.74 Å². The Labute approximate surface area is 130 Å². The molecule has 4 nitrogen and oxygen atoms in total. The van der Waals surface area contributed by atoms with Gasteiger partial charge in [-0.2, -0.15) is 4.31 Å². The largest absolute Gasteiger partial charge is 0.492 e. The van der Waals surface area contributed by atoms with Gasteiger partial charge in [0.25, 0.3) is 0 Å². The lowest BCUT2D eigenvalue weighted by molar-refractivity contribution is 0.287. The molecular weight excluding hydrogens is 310 g/mol. The van der Waals surface area contributed by atoms with Crippen molar-refractivity contribution in [3.8, 4) is 5.75 Å².